The molecule has 0 spiro atoms. The summed E-state index contributed by atoms with van der Waals surface area (Å²) in [5.41, 5.74) is 1.69. The van der Waals surface area contributed by atoms with Crippen LogP contribution in [0.3, 0.4) is 0 Å². The predicted octanol–water partition coefficient (Wildman–Crippen LogP) is 4.00. The summed E-state index contributed by atoms with van der Waals surface area (Å²) in [5.74, 6) is 0.794. The molecule has 2 unspecified atom stereocenters. The maximum absolute atomic E-state index is 12.7. The Kier molecular flexibility index (Phi) is 4.58. The molecular formula is C15H20F3NO. The highest BCUT2D eigenvalue weighted by Gasteiger charge is 2.33. The lowest BCUT2D eigenvalue weighted by Gasteiger charge is -2.21. The Morgan fingerprint density at radius 1 is 1.40 bits per heavy atom. The number of halogens is 3. The van der Waals surface area contributed by atoms with Gasteiger partial charge in [0.15, 0.2) is 0 Å². The Labute approximate surface area is 117 Å². The molecule has 1 heterocycles. The van der Waals surface area contributed by atoms with E-state index in [0.29, 0.717) is 12.1 Å². The van der Waals surface area contributed by atoms with Crippen molar-refractivity contribution in [1.82, 2.24) is 5.32 Å². The van der Waals surface area contributed by atoms with Crippen molar-refractivity contribution in [2.75, 3.05) is 6.54 Å². The lowest BCUT2D eigenvalue weighted by atomic mass is 9.99. The van der Waals surface area contributed by atoms with E-state index in [2.05, 4.69) is 5.32 Å². The molecule has 0 fully saturated rings. The topological polar surface area (TPSA) is 21.3 Å². The van der Waals surface area contributed by atoms with Gasteiger partial charge in [0.2, 0.25) is 0 Å². The van der Waals surface area contributed by atoms with Crippen molar-refractivity contribution < 1.29 is 17.9 Å². The van der Waals surface area contributed by atoms with Crippen molar-refractivity contribution in [3.05, 3.63) is 29.3 Å². The summed E-state index contributed by atoms with van der Waals surface area (Å²) in [7, 11) is 0. The van der Waals surface area contributed by atoms with Gasteiger partial charge in [0.25, 0.3) is 0 Å². The maximum Gasteiger partial charge on any atom is 0.390 e. The summed E-state index contributed by atoms with van der Waals surface area (Å²) in [6.45, 7) is 4.47. The van der Waals surface area contributed by atoms with Crippen LogP contribution in [-0.2, 0) is 6.42 Å². The Bertz CT molecular complexity index is 459. The zero-order chi connectivity index (χ0) is 14.8. The minimum absolute atomic E-state index is 0.102. The van der Waals surface area contributed by atoms with E-state index in [1.807, 2.05) is 19.9 Å². The summed E-state index contributed by atoms with van der Waals surface area (Å²) in [6, 6.07) is 4.68. The molecule has 2 rings (SSSR count). The third kappa shape index (κ3) is 3.88. The maximum atomic E-state index is 12.7. The van der Waals surface area contributed by atoms with Crippen LogP contribution in [0.1, 0.15) is 43.9 Å². The highest BCUT2D eigenvalue weighted by molar-refractivity contribution is 5.41. The molecule has 112 valence electrons. The molecule has 0 aromatic heterocycles. The number of alkyl halides is 3. The molecular weight excluding hydrogens is 267 g/mol. The van der Waals surface area contributed by atoms with Gasteiger partial charge in [-0.05, 0) is 37.1 Å². The van der Waals surface area contributed by atoms with E-state index in [1.165, 1.54) is 0 Å². The van der Waals surface area contributed by atoms with Crippen molar-refractivity contribution >= 4 is 0 Å². The zero-order valence-corrected chi connectivity index (χ0v) is 11.8. The van der Waals surface area contributed by atoms with Crippen LogP contribution in [0.2, 0.25) is 0 Å². The smallest absolute Gasteiger partial charge is 0.390 e. The van der Waals surface area contributed by atoms with Crippen LogP contribution >= 0.6 is 0 Å². The van der Waals surface area contributed by atoms with Gasteiger partial charge >= 0.3 is 6.18 Å². The Morgan fingerprint density at radius 2 is 2.15 bits per heavy atom. The molecule has 0 bridgehead atoms. The summed E-state index contributed by atoms with van der Waals surface area (Å²) >= 11 is 0. The molecule has 2 atom stereocenters. The lowest BCUT2D eigenvalue weighted by molar-refractivity contribution is -0.140. The molecule has 0 saturated heterocycles. The first-order valence-electron chi connectivity index (χ1n) is 6.98. The Hall–Kier alpha value is -1.23. The van der Waals surface area contributed by atoms with Gasteiger partial charge in [-0.15, -0.1) is 0 Å². The number of benzene rings is 1. The third-order valence-corrected chi connectivity index (χ3v) is 3.40. The van der Waals surface area contributed by atoms with E-state index >= 15 is 0 Å². The van der Waals surface area contributed by atoms with Gasteiger partial charge in [-0.3, -0.25) is 0 Å². The first kappa shape index (κ1) is 15.2. The van der Waals surface area contributed by atoms with Gasteiger partial charge in [0, 0.05) is 12.5 Å². The largest absolute Gasteiger partial charge is 0.490 e. The number of hydrogen-bond donors (Lipinski definition) is 1. The van der Waals surface area contributed by atoms with Gasteiger partial charge in [0.05, 0.1) is 6.42 Å². The molecule has 1 N–H and O–H groups in total. The average molecular weight is 287 g/mol. The van der Waals surface area contributed by atoms with Gasteiger partial charge in [-0.25, -0.2) is 0 Å². The second kappa shape index (κ2) is 6.04. The summed E-state index contributed by atoms with van der Waals surface area (Å²) < 4.78 is 43.7. The van der Waals surface area contributed by atoms with Crippen LogP contribution in [0.15, 0.2) is 18.2 Å². The first-order valence-corrected chi connectivity index (χ1v) is 6.98. The number of nitrogens with one attached hydrogen (secondary N) is 1. The minimum atomic E-state index is -4.17. The average Bonchev–Trinajstić information content (AvgIpc) is 2.72. The number of ether oxygens (including phenoxy) is 1. The molecule has 5 heteroatoms. The van der Waals surface area contributed by atoms with Crippen molar-refractivity contribution in [2.45, 2.75) is 51.4 Å². The third-order valence-electron chi connectivity index (χ3n) is 3.40. The van der Waals surface area contributed by atoms with Crippen LogP contribution < -0.4 is 10.1 Å². The van der Waals surface area contributed by atoms with Gasteiger partial charge < -0.3 is 10.1 Å². The number of hydrogen-bond acceptors (Lipinski definition) is 2. The first-order chi connectivity index (χ1) is 9.39. The van der Waals surface area contributed by atoms with E-state index in [1.54, 1.807) is 12.1 Å². The fourth-order valence-electron chi connectivity index (χ4n) is 2.52. The molecule has 0 saturated carbocycles. The van der Waals surface area contributed by atoms with Crippen molar-refractivity contribution in [3.63, 3.8) is 0 Å². The van der Waals surface area contributed by atoms with Crippen LogP contribution in [0.5, 0.6) is 5.75 Å². The molecule has 1 aliphatic rings. The van der Waals surface area contributed by atoms with Crippen molar-refractivity contribution in [3.8, 4) is 5.75 Å². The standard InChI is InChI=1S/C15H20F3NO/c1-3-6-19-13(9-15(16,17)18)11-4-5-14-12(8-11)7-10(2)20-14/h4-5,8,10,13,19H,3,6-7,9H2,1-2H3. The quantitative estimate of drug-likeness (QED) is 0.883. The summed E-state index contributed by atoms with van der Waals surface area (Å²) in [6.07, 6.45) is -3.35. The molecule has 1 aromatic rings. The predicted molar refractivity (Wildman–Crippen MR) is 71.9 cm³/mol. The van der Waals surface area contributed by atoms with Gasteiger partial charge in [-0.2, -0.15) is 13.2 Å². The van der Waals surface area contributed by atoms with E-state index in [9.17, 15) is 13.2 Å². The SMILES string of the molecule is CCCNC(CC(F)(F)F)c1ccc2c(c1)CC(C)O2. The van der Waals surface area contributed by atoms with Crippen LogP contribution in [-0.4, -0.2) is 18.8 Å². The lowest BCUT2D eigenvalue weighted by Crippen LogP contribution is -2.27. The van der Waals surface area contributed by atoms with E-state index in [4.69, 9.17) is 4.74 Å². The zero-order valence-electron chi connectivity index (χ0n) is 11.8. The molecule has 20 heavy (non-hydrogen) atoms. The highest BCUT2D eigenvalue weighted by Crippen LogP contribution is 2.34. The van der Waals surface area contributed by atoms with Crippen LogP contribution in [0.25, 0.3) is 0 Å². The second-order valence-corrected chi connectivity index (χ2v) is 5.33. The second-order valence-electron chi connectivity index (χ2n) is 5.33. The number of fused-ring (bicyclic) bond motifs is 1. The minimum Gasteiger partial charge on any atom is -0.490 e. The Morgan fingerprint density at radius 3 is 2.80 bits per heavy atom. The molecule has 0 aliphatic carbocycles. The van der Waals surface area contributed by atoms with E-state index in [-0.39, 0.29) is 6.10 Å². The highest BCUT2D eigenvalue weighted by atomic mass is 19.4. The fraction of sp³-hybridized carbons (Fsp3) is 0.600. The normalized spacial score (nSPS) is 19.6. The summed E-state index contributed by atoms with van der Waals surface area (Å²) in [5, 5.41) is 2.98. The van der Waals surface area contributed by atoms with Crippen molar-refractivity contribution in [1.29, 1.82) is 0 Å². The van der Waals surface area contributed by atoms with Crippen LogP contribution in [0, 0.1) is 0 Å². The number of rotatable bonds is 5. The molecule has 0 radical (unpaired) electrons. The van der Waals surface area contributed by atoms with Crippen molar-refractivity contribution in [2.24, 2.45) is 0 Å². The monoisotopic (exact) mass is 287 g/mol. The summed E-state index contributed by atoms with van der Waals surface area (Å²) in [4.78, 5) is 0. The van der Waals surface area contributed by atoms with E-state index in [0.717, 1.165) is 24.2 Å². The fourth-order valence-corrected chi connectivity index (χ4v) is 2.52. The molecule has 2 nitrogen and oxygen atoms in total. The van der Waals surface area contributed by atoms with Gasteiger partial charge in [-0.1, -0.05) is 19.1 Å². The van der Waals surface area contributed by atoms with Gasteiger partial charge in [0.1, 0.15) is 11.9 Å². The van der Waals surface area contributed by atoms with E-state index < -0.39 is 18.6 Å². The Balaban J connectivity index is 2.18. The molecule has 0 amide bonds. The van der Waals surface area contributed by atoms with Crippen LogP contribution in [0.4, 0.5) is 13.2 Å². The molecule has 1 aromatic carbocycles. The molecule has 1 aliphatic heterocycles.